The van der Waals surface area contributed by atoms with E-state index in [1.54, 1.807) is 0 Å². The summed E-state index contributed by atoms with van der Waals surface area (Å²) in [6.07, 6.45) is 0. The zero-order chi connectivity index (χ0) is 20.9. The number of nitrogens with one attached hydrogen (secondary N) is 1. The van der Waals surface area contributed by atoms with Gasteiger partial charge in [-0.05, 0) is 43.7 Å². The number of carbonyl (C=O) groups excluding carboxylic acids is 1. The lowest BCUT2D eigenvalue weighted by Gasteiger charge is -2.11. The lowest BCUT2D eigenvalue weighted by Crippen LogP contribution is -2.29. The van der Waals surface area contributed by atoms with Crippen LogP contribution in [-0.2, 0) is 17.9 Å². The molecule has 1 amide bonds. The Bertz CT molecular complexity index is 1150. The summed E-state index contributed by atoms with van der Waals surface area (Å²) in [4.78, 5) is 17.0. The molecule has 0 aliphatic carbocycles. The Morgan fingerprint density at radius 2 is 1.60 bits per heavy atom. The van der Waals surface area contributed by atoms with Gasteiger partial charge in [-0.1, -0.05) is 59.7 Å². The van der Waals surface area contributed by atoms with Gasteiger partial charge in [0.2, 0.25) is 0 Å². The van der Waals surface area contributed by atoms with E-state index in [9.17, 15) is 4.79 Å². The van der Waals surface area contributed by atoms with E-state index in [0.717, 1.165) is 22.4 Å². The predicted octanol–water partition coefficient (Wildman–Crippen LogP) is 4.40. The largest absolute Gasteiger partial charge is 0.484 e. The van der Waals surface area contributed by atoms with Crippen LogP contribution in [0.15, 0.2) is 72.8 Å². The topological polar surface area (TPSA) is 56.2 Å². The van der Waals surface area contributed by atoms with E-state index in [2.05, 4.69) is 47.1 Å². The standard InChI is InChI=1S/C25H25N3O2/c1-18-7-11-20(12-8-18)16-28-23-6-4-3-5-22(23)27-24(28)15-26-25(29)17-30-21-13-9-19(2)10-14-21/h3-14H,15-17H2,1-2H3,(H,26,29). The summed E-state index contributed by atoms with van der Waals surface area (Å²) < 4.78 is 7.72. The third kappa shape index (κ3) is 4.69. The van der Waals surface area contributed by atoms with Crippen molar-refractivity contribution >= 4 is 16.9 Å². The van der Waals surface area contributed by atoms with Crippen LogP contribution in [0, 0.1) is 13.8 Å². The monoisotopic (exact) mass is 399 g/mol. The van der Waals surface area contributed by atoms with E-state index < -0.39 is 0 Å². The van der Waals surface area contributed by atoms with E-state index in [1.165, 1.54) is 11.1 Å². The first-order valence-electron chi connectivity index (χ1n) is 10.0. The average Bonchev–Trinajstić information content (AvgIpc) is 3.11. The highest BCUT2D eigenvalue weighted by atomic mass is 16.5. The zero-order valence-corrected chi connectivity index (χ0v) is 17.3. The van der Waals surface area contributed by atoms with Crippen LogP contribution in [0.1, 0.15) is 22.5 Å². The number of ether oxygens (including phenoxy) is 1. The maximum Gasteiger partial charge on any atom is 0.258 e. The van der Waals surface area contributed by atoms with Crippen LogP contribution < -0.4 is 10.1 Å². The number of hydrogen-bond donors (Lipinski definition) is 1. The van der Waals surface area contributed by atoms with Gasteiger partial charge in [0.15, 0.2) is 6.61 Å². The van der Waals surface area contributed by atoms with Crippen molar-refractivity contribution in [2.24, 2.45) is 0 Å². The second kappa shape index (κ2) is 8.82. The lowest BCUT2D eigenvalue weighted by atomic mass is 10.1. The molecule has 4 rings (SSSR count). The minimum Gasteiger partial charge on any atom is -0.484 e. The first kappa shape index (κ1) is 19.7. The van der Waals surface area contributed by atoms with E-state index in [0.29, 0.717) is 18.8 Å². The second-order valence-electron chi connectivity index (χ2n) is 7.47. The van der Waals surface area contributed by atoms with Crippen molar-refractivity contribution in [1.29, 1.82) is 0 Å². The third-order valence-corrected chi connectivity index (χ3v) is 5.03. The third-order valence-electron chi connectivity index (χ3n) is 5.03. The molecule has 1 N–H and O–H groups in total. The summed E-state index contributed by atoms with van der Waals surface area (Å²) in [5.41, 5.74) is 5.55. The van der Waals surface area contributed by atoms with Crippen molar-refractivity contribution in [3.8, 4) is 5.75 Å². The van der Waals surface area contributed by atoms with E-state index in [1.807, 2.05) is 49.4 Å². The van der Waals surface area contributed by atoms with E-state index in [-0.39, 0.29) is 12.5 Å². The van der Waals surface area contributed by atoms with Gasteiger partial charge in [-0.15, -0.1) is 0 Å². The number of nitrogens with zero attached hydrogens (tertiary/aromatic N) is 2. The van der Waals surface area contributed by atoms with Gasteiger partial charge in [0.25, 0.3) is 5.91 Å². The Balaban J connectivity index is 1.45. The molecule has 1 heterocycles. The summed E-state index contributed by atoms with van der Waals surface area (Å²) in [5.74, 6) is 1.33. The number of imidazole rings is 1. The molecule has 5 heteroatoms. The van der Waals surface area contributed by atoms with Crippen LogP contribution in [0.5, 0.6) is 5.75 Å². The molecular formula is C25H25N3O2. The number of aromatic nitrogens is 2. The highest BCUT2D eigenvalue weighted by Gasteiger charge is 2.12. The minimum absolute atomic E-state index is 0.0265. The molecule has 0 aliphatic heterocycles. The fraction of sp³-hybridized carbons (Fsp3) is 0.200. The molecule has 0 unspecified atom stereocenters. The normalized spacial score (nSPS) is 10.9. The summed E-state index contributed by atoms with van der Waals surface area (Å²) in [6.45, 7) is 5.11. The number of hydrogen-bond acceptors (Lipinski definition) is 3. The van der Waals surface area contributed by atoms with E-state index in [4.69, 9.17) is 9.72 Å². The second-order valence-corrected chi connectivity index (χ2v) is 7.47. The van der Waals surface area contributed by atoms with Gasteiger partial charge in [-0.3, -0.25) is 4.79 Å². The van der Waals surface area contributed by atoms with Crippen LogP contribution in [0.4, 0.5) is 0 Å². The number of amides is 1. The molecule has 0 bridgehead atoms. The zero-order valence-electron chi connectivity index (χ0n) is 17.3. The van der Waals surface area contributed by atoms with E-state index >= 15 is 0 Å². The van der Waals surface area contributed by atoms with Gasteiger partial charge >= 0.3 is 0 Å². The molecule has 5 nitrogen and oxygen atoms in total. The van der Waals surface area contributed by atoms with Crippen molar-refractivity contribution in [3.05, 3.63) is 95.3 Å². The summed E-state index contributed by atoms with van der Waals surface area (Å²) in [6, 6.07) is 24.2. The van der Waals surface area contributed by atoms with Gasteiger partial charge < -0.3 is 14.6 Å². The van der Waals surface area contributed by atoms with Crippen molar-refractivity contribution in [2.75, 3.05) is 6.61 Å². The van der Waals surface area contributed by atoms with Gasteiger partial charge in [-0.25, -0.2) is 4.98 Å². The maximum absolute atomic E-state index is 12.3. The number of para-hydroxylation sites is 2. The summed E-state index contributed by atoms with van der Waals surface area (Å²) >= 11 is 0. The van der Waals surface area contributed by atoms with Crippen molar-refractivity contribution in [3.63, 3.8) is 0 Å². The number of aryl methyl sites for hydroxylation is 2. The molecule has 0 saturated heterocycles. The van der Waals surface area contributed by atoms with Crippen molar-refractivity contribution in [1.82, 2.24) is 14.9 Å². The Morgan fingerprint density at radius 3 is 2.33 bits per heavy atom. The molecule has 0 spiro atoms. The number of carbonyl (C=O) groups is 1. The SMILES string of the molecule is Cc1ccc(Cn2c(CNC(=O)COc3ccc(C)cc3)nc3ccccc32)cc1. The first-order chi connectivity index (χ1) is 14.6. The molecule has 4 aromatic rings. The number of benzene rings is 3. The molecular weight excluding hydrogens is 374 g/mol. The molecule has 30 heavy (non-hydrogen) atoms. The van der Waals surface area contributed by atoms with Crippen LogP contribution in [0.2, 0.25) is 0 Å². The van der Waals surface area contributed by atoms with Crippen LogP contribution in [-0.4, -0.2) is 22.1 Å². The minimum atomic E-state index is -0.176. The molecule has 0 radical (unpaired) electrons. The molecule has 0 atom stereocenters. The van der Waals surface area contributed by atoms with Gasteiger partial charge in [0.05, 0.1) is 17.6 Å². The average molecular weight is 399 g/mol. The Hall–Kier alpha value is -3.60. The molecule has 152 valence electrons. The number of rotatable bonds is 7. The van der Waals surface area contributed by atoms with Gasteiger partial charge in [-0.2, -0.15) is 0 Å². The maximum atomic E-state index is 12.3. The Labute approximate surface area is 176 Å². The first-order valence-corrected chi connectivity index (χ1v) is 10.0. The number of fused-ring (bicyclic) bond motifs is 1. The fourth-order valence-corrected chi connectivity index (χ4v) is 3.32. The van der Waals surface area contributed by atoms with Crippen LogP contribution in [0.25, 0.3) is 11.0 Å². The molecule has 0 aliphatic rings. The summed E-state index contributed by atoms with van der Waals surface area (Å²) in [7, 11) is 0. The molecule has 1 aromatic heterocycles. The predicted molar refractivity (Wildman–Crippen MR) is 119 cm³/mol. The smallest absolute Gasteiger partial charge is 0.258 e. The van der Waals surface area contributed by atoms with Crippen LogP contribution in [0.3, 0.4) is 0 Å². The molecule has 0 saturated carbocycles. The quantitative estimate of drug-likeness (QED) is 0.501. The summed E-state index contributed by atoms with van der Waals surface area (Å²) in [5, 5.41) is 2.93. The highest BCUT2D eigenvalue weighted by Crippen LogP contribution is 2.18. The fourth-order valence-electron chi connectivity index (χ4n) is 3.32. The molecule has 3 aromatic carbocycles. The molecule has 0 fully saturated rings. The van der Waals surface area contributed by atoms with Gasteiger partial charge in [0, 0.05) is 6.54 Å². The Kier molecular flexibility index (Phi) is 5.80. The highest BCUT2D eigenvalue weighted by molar-refractivity contribution is 5.78. The lowest BCUT2D eigenvalue weighted by molar-refractivity contribution is -0.123. The van der Waals surface area contributed by atoms with Crippen molar-refractivity contribution in [2.45, 2.75) is 26.9 Å². The van der Waals surface area contributed by atoms with Gasteiger partial charge in [0.1, 0.15) is 11.6 Å². The Morgan fingerprint density at radius 1 is 0.933 bits per heavy atom. The van der Waals surface area contributed by atoms with Crippen LogP contribution >= 0.6 is 0 Å². The van der Waals surface area contributed by atoms with Crippen molar-refractivity contribution < 1.29 is 9.53 Å².